The summed E-state index contributed by atoms with van der Waals surface area (Å²) in [7, 11) is 0. The maximum absolute atomic E-state index is 12.9. The van der Waals surface area contributed by atoms with Gasteiger partial charge in [-0.1, -0.05) is 30.3 Å². The lowest BCUT2D eigenvalue weighted by Gasteiger charge is -2.28. The van der Waals surface area contributed by atoms with Gasteiger partial charge in [-0.2, -0.15) is 13.2 Å². The Bertz CT molecular complexity index is 1040. The third-order valence-electron chi connectivity index (χ3n) is 5.14. The van der Waals surface area contributed by atoms with Crippen LogP contribution in [0.25, 0.3) is 11.1 Å². The first-order valence-electron chi connectivity index (χ1n) is 9.91. The maximum Gasteiger partial charge on any atom is 0.416 e. The first-order chi connectivity index (χ1) is 14.9. The van der Waals surface area contributed by atoms with E-state index in [9.17, 15) is 18.0 Å². The molecule has 1 aliphatic rings. The number of benzene rings is 2. The molecule has 4 rings (SSSR count). The van der Waals surface area contributed by atoms with Crippen LogP contribution in [0.5, 0.6) is 0 Å². The van der Waals surface area contributed by atoms with E-state index in [0.29, 0.717) is 22.4 Å². The van der Waals surface area contributed by atoms with Crippen LogP contribution in [0.2, 0.25) is 0 Å². The van der Waals surface area contributed by atoms with Crippen molar-refractivity contribution in [3.8, 4) is 11.1 Å². The van der Waals surface area contributed by atoms with Crippen molar-refractivity contribution < 1.29 is 18.0 Å². The lowest BCUT2D eigenvalue weighted by atomic mass is 9.98. The van der Waals surface area contributed by atoms with Gasteiger partial charge in [-0.3, -0.25) is 4.79 Å². The van der Waals surface area contributed by atoms with E-state index in [4.69, 9.17) is 0 Å². The molecule has 3 aromatic rings. The molecule has 5 nitrogen and oxygen atoms in total. The van der Waals surface area contributed by atoms with Gasteiger partial charge in [0.1, 0.15) is 5.82 Å². The molecule has 0 aliphatic carbocycles. The number of hydrogen-bond donors (Lipinski definition) is 2. The van der Waals surface area contributed by atoms with Gasteiger partial charge in [-0.15, -0.1) is 0 Å². The van der Waals surface area contributed by atoms with E-state index < -0.39 is 11.7 Å². The van der Waals surface area contributed by atoms with Gasteiger partial charge in [0.25, 0.3) is 5.91 Å². The number of nitrogens with one attached hydrogen (secondary N) is 2. The molecule has 0 atom stereocenters. The molecule has 1 saturated heterocycles. The van der Waals surface area contributed by atoms with Gasteiger partial charge < -0.3 is 15.5 Å². The Morgan fingerprint density at radius 3 is 2.32 bits per heavy atom. The van der Waals surface area contributed by atoms with Crippen molar-refractivity contribution in [2.45, 2.75) is 6.18 Å². The van der Waals surface area contributed by atoms with Crippen LogP contribution >= 0.6 is 0 Å². The van der Waals surface area contributed by atoms with E-state index in [1.165, 1.54) is 12.1 Å². The second-order valence-corrected chi connectivity index (χ2v) is 7.22. The highest BCUT2D eigenvalue weighted by atomic mass is 19.4. The summed E-state index contributed by atoms with van der Waals surface area (Å²) >= 11 is 0. The molecule has 31 heavy (non-hydrogen) atoms. The van der Waals surface area contributed by atoms with Crippen LogP contribution in [0.4, 0.5) is 24.7 Å². The number of hydrogen-bond acceptors (Lipinski definition) is 4. The van der Waals surface area contributed by atoms with E-state index in [-0.39, 0.29) is 5.91 Å². The average molecular weight is 426 g/mol. The molecule has 1 aliphatic heterocycles. The Morgan fingerprint density at radius 2 is 1.68 bits per heavy atom. The summed E-state index contributed by atoms with van der Waals surface area (Å²) in [5.41, 5.74) is 1.28. The minimum Gasteiger partial charge on any atom is -0.354 e. The molecular weight excluding hydrogens is 405 g/mol. The molecule has 0 saturated carbocycles. The number of alkyl halides is 3. The van der Waals surface area contributed by atoms with Gasteiger partial charge in [0, 0.05) is 31.7 Å². The van der Waals surface area contributed by atoms with Crippen molar-refractivity contribution in [3.63, 3.8) is 0 Å². The third-order valence-corrected chi connectivity index (χ3v) is 5.14. The van der Waals surface area contributed by atoms with Gasteiger partial charge in [0.2, 0.25) is 0 Å². The summed E-state index contributed by atoms with van der Waals surface area (Å²) in [4.78, 5) is 19.5. The van der Waals surface area contributed by atoms with E-state index in [2.05, 4.69) is 20.5 Å². The predicted molar refractivity (Wildman–Crippen MR) is 114 cm³/mol. The Hall–Kier alpha value is -3.39. The smallest absolute Gasteiger partial charge is 0.354 e. The number of carbonyl (C=O) groups excluding carboxylic acids is 1. The predicted octanol–water partition coefficient (Wildman–Crippen LogP) is 4.43. The van der Waals surface area contributed by atoms with Crippen molar-refractivity contribution in [1.29, 1.82) is 0 Å². The lowest BCUT2D eigenvalue weighted by molar-refractivity contribution is -0.137. The Kier molecular flexibility index (Phi) is 5.90. The highest BCUT2D eigenvalue weighted by Crippen LogP contribution is 2.32. The van der Waals surface area contributed by atoms with Gasteiger partial charge in [0.15, 0.2) is 0 Å². The number of piperazine rings is 1. The first kappa shape index (κ1) is 20.9. The Labute approximate surface area is 177 Å². The summed E-state index contributed by atoms with van der Waals surface area (Å²) in [6, 6.07) is 15.3. The second kappa shape index (κ2) is 8.77. The quantitative estimate of drug-likeness (QED) is 0.648. The topological polar surface area (TPSA) is 57.3 Å². The minimum absolute atomic E-state index is 0.354. The number of nitrogens with zero attached hydrogens (tertiary/aromatic N) is 2. The van der Waals surface area contributed by atoms with E-state index in [1.54, 1.807) is 36.5 Å². The summed E-state index contributed by atoms with van der Waals surface area (Å²) < 4.78 is 38.5. The van der Waals surface area contributed by atoms with Crippen molar-refractivity contribution in [1.82, 2.24) is 10.3 Å². The molecule has 1 fully saturated rings. The normalized spacial score (nSPS) is 14.4. The highest BCUT2D eigenvalue weighted by Gasteiger charge is 2.30. The molecule has 0 bridgehead atoms. The maximum atomic E-state index is 12.9. The molecule has 8 heteroatoms. The number of halogens is 3. The average Bonchev–Trinajstić information content (AvgIpc) is 2.80. The van der Waals surface area contributed by atoms with Crippen LogP contribution in [-0.2, 0) is 6.18 Å². The van der Waals surface area contributed by atoms with E-state index in [1.807, 2.05) is 6.07 Å². The van der Waals surface area contributed by atoms with Crippen molar-refractivity contribution in [2.75, 3.05) is 36.4 Å². The van der Waals surface area contributed by atoms with Crippen LogP contribution < -0.4 is 15.5 Å². The molecule has 2 N–H and O–H groups in total. The summed E-state index contributed by atoms with van der Waals surface area (Å²) in [6.45, 7) is 3.56. The molecule has 160 valence electrons. The molecule has 0 spiro atoms. The lowest BCUT2D eigenvalue weighted by Crippen LogP contribution is -2.43. The number of aromatic nitrogens is 1. The Balaban J connectivity index is 1.52. The monoisotopic (exact) mass is 426 g/mol. The molecule has 0 unspecified atom stereocenters. The Morgan fingerprint density at radius 1 is 0.968 bits per heavy atom. The van der Waals surface area contributed by atoms with Crippen LogP contribution in [0.1, 0.15) is 15.9 Å². The third kappa shape index (κ3) is 4.86. The van der Waals surface area contributed by atoms with Gasteiger partial charge in [-0.05, 0) is 41.5 Å². The van der Waals surface area contributed by atoms with Crippen molar-refractivity contribution >= 4 is 17.4 Å². The van der Waals surface area contributed by atoms with E-state index >= 15 is 0 Å². The number of amides is 1. The molecule has 1 amide bonds. The SMILES string of the molecule is O=C(Nc1ccc(N2CCNCC2)nc1)c1ccccc1-c1ccc(C(F)(F)F)cc1. The fraction of sp³-hybridized carbons (Fsp3) is 0.217. The van der Waals surface area contributed by atoms with Crippen molar-refractivity contribution in [3.05, 3.63) is 78.0 Å². The zero-order valence-electron chi connectivity index (χ0n) is 16.6. The molecular formula is C23H21F3N4O. The van der Waals surface area contributed by atoms with Gasteiger partial charge in [-0.25, -0.2) is 4.98 Å². The van der Waals surface area contributed by atoms with Crippen LogP contribution in [-0.4, -0.2) is 37.1 Å². The fourth-order valence-electron chi connectivity index (χ4n) is 3.51. The fourth-order valence-corrected chi connectivity index (χ4v) is 3.51. The second-order valence-electron chi connectivity index (χ2n) is 7.22. The minimum atomic E-state index is -4.40. The largest absolute Gasteiger partial charge is 0.416 e. The summed E-state index contributed by atoms with van der Waals surface area (Å²) in [5.74, 6) is 0.497. The highest BCUT2D eigenvalue weighted by molar-refractivity contribution is 6.08. The molecule has 2 aromatic carbocycles. The van der Waals surface area contributed by atoms with Gasteiger partial charge >= 0.3 is 6.18 Å². The molecule has 1 aromatic heterocycles. The van der Waals surface area contributed by atoms with Crippen molar-refractivity contribution in [2.24, 2.45) is 0 Å². The molecule has 0 radical (unpaired) electrons. The number of pyridine rings is 1. The zero-order valence-corrected chi connectivity index (χ0v) is 16.6. The summed E-state index contributed by atoms with van der Waals surface area (Å²) in [6.07, 6.45) is -2.80. The number of rotatable bonds is 4. The number of carbonyl (C=O) groups is 1. The van der Waals surface area contributed by atoms with Crippen LogP contribution in [0.3, 0.4) is 0 Å². The van der Waals surface area contributed by atoms with E-state index in [0.717, 1.165) is 44.1 Å². The molecule has 2 heterocycles. The zero-order chi connectivity index (χ0) is 21.8. The summed E-state index contributed by atoms with van der Waals surface area (Å²) in [5, 5.41) is 6.11. The standard InChI is InChI=1S/C23H21F3N4O/c24-23(25,26)17-7-5-16(6-8-17)19-3-1-2-4-20(19)22(31)29-18-9-10-21(28-15-18)30-13-11-27-12-14-30/h1-10,15,27H,11-14H2,(H,29,31). The van der Waals surface area contributed by atoms with Crippen LogP contribution in [0, 0.1) is 0 Å². The number of anilines is 2. The first-order valence-corrected chi connectivity index (χ1v) is 9.91. The van der Waals surface area contributed by atoms with Crippen LogP contribution in [0.15, 0.2) is 66.9 Å². The van der Waals surface area contributed by atoms with Gasteiger partial charge in [0.05, 0.1) is 17.4 Å².